The third-order valence-corrected chi connectivity index (χ3v) is 2.98. The first-order valence-electron chi connectivity index (χ1n) is 4.28. The van der Waals surface area contributed by atoms with Gasteiger partial charge in [-0.1, -0.05) is 12.1 Å². The minimum atomic E-state index is -0.199. The van der Waals surface area contributed by atoms with Crippen LogP contribution in [0, 0.1) is 0 Å². The van der Waals surface area contributed by atoms with Gasteiger partial charge in [0.25, 0.3) is 0 Å². The number of hydrogen-bond donors (Lipinski definition) is 0. The second-order valence-electron chi connectivity index (χ2n) is 3.08. The fourth-order valence-corrected chi connectivity index (χ4v) is 2.17. The van der Waals surface area contributed by atoms with Crippen molar-refractivity contribution in [2.24, 2.45) is 0 Å². The average Bonchev–Trinajstić information content (AvgIpc) is 2.39. The van der Waals surface area contributed by atoms with Crippen LogP contribution in [0.15, 0.2) is 34.8 Å². The molecule has 0 aliphatic heterocycles. The fourth-order valence-electron chi connectivity index (χ4n) is 1.50. The third-order valence-electron chi connectivity index (χ3n) is 2.19. The van der Waals surface area contributed by atoms with Crippen LogP contribution in [0.4, 0.5) is 0 Å². The van der Waals surface area contributed by atoms with Crippen molar-refractivity contribution in [2.75, 3.05) is 7.11 Å². The van der Waals surface area contributed by atoms with E-state index in [1.165, 1.54) is 19.2 Å². The van der Waals surface area contributed by atoms with Crippen molar-refractivity contribution in [1.82, 2.24) is 0 Å². The number of carbonyl (C=O) groups is 1. The molecular formula is C11H7BrO3. The lowest BCUT2D eigenvalue weighted by molar-refractivity contribution is 0.0962. The lowest BCUT2D eigenvalue weighted by atomic mass is 10.2. The topological polar surface area (TPSA) is 43.4 Å². The van der Waals surface area contributed by atoms with Gasteiger partial charge in [0.2, 0.25) is 5.78 Å². The Labute approximate surface area is 94.5 Å². The molecule has 0 aromatic heterocycles. The number of fused-ring (bicyclic) bond motifs is 1. The first kappa shape index (κ1) is 10.1. The summed E-state index contributed by atoms with van der Waals surface area (Å²) in [7, 11) is 1.43. The summed E-state index contributed by atoms with van der Waals surface area (Å²) in [6, 6.07) is 6.02. The molecular weight excluding hydrogens is 260 g/mol. The summed E-state index contributed by atoms with van der Waals surface area (Å²) in [5.41, 5.74) is 0.936. The largest absolute Gasteiger partial charge is 0.492 e. The first-order valence-corrected chi connectivity index (χ1v) is 5.07. The molecule has 1 aliphatic carbocycles. The smallest absolute Gasteiger partial charge is 0.229 e. The highest BCUT2D eigenvalue weighted by Gasteiger charge is 2.28. The molecule has 4 heteroatoms. The van der Waals surface area contributed by atoms with Crippen LogP contribution in [0.25, 0.3) is 4.48 Å². The maximum absolute atomic E-state index is 11.8. The summed E-state index contributed by atoms with van der Waals surface area (Å²) >= 11 is 3.25. The molecule has 0 atom stereocenters. The molecule has 0 spiro atoms. The molecule has 0 heterocycles. The maximum Gasteiger partial charge on any atom is 0.229 e. The molecule has 1 aromatic carbocycles. The molecule has 1 aliphatic rings. The summed E-state index contributed by atoms with van der Waals surface area (Å²) in [5, 5.41) is 0. The molecule has 0 fully saturated rings. The lowest BCUT2D eigenvalue weighted by Crippen LogP contribution is -1.99. The lowest BCUT2D eigenvalue weighted by Gasteiger charge is -1.97. The third kappa shape index (κ3) is 1.51. The van der Waals surface area contributed by atoms with Gasteiger partial charge in [-0.25, -0.2) is 0 Å². The molecule has 0 bridgehead atoms. The average molecular weight is 267 g/mol. The Bertz CT molecular complexity index is 532. The number of hydrogen-bond acceptors (Lipinski definition) is 3. The van der Waals surface area contributed by atoms with Gasteiger partial charge in [0, 0.05) is 11.1 Å². The van der Waals surface area contributed by atoms with Gasteiger partial charge in [0.1, 0.15) is 0 Å². The number of ether oxygens (including phenoxy) is 1. The highest BCUT2D eigenvalue weighted by molar-refractivity contribution is 9.15. The van der Waals surface area contributed by atoms with Crippen LogP contribution in [-0.4, -0.2) is 12.9 Å². The van der Waals surface area contributed by atoms with E-state index in [4.69, 9.17) is 4.74 Å². The van der Waals surface area contributed by atoms with E-state index in [-0.39, 0.29) is 17.0 Å². The Balaban J connectivity index is 2.78. The maximum atomic E-state index is 11.8. The van der Waals surface area contributed by atoms with Crippen molar-refractivity contribution in [3.8, 4) is 0 Å². The molecule has 3 nitrogen and oxygen atoms in total. The predicted molar refractivity (Wildman–Crippen MR) is 59.9 cm³/mol. The summed E-state index contributed by atoms with van der Waals surface area (Å²) in [4.78, 5) is 23.1. The van der Waals surface area contributed by atoms with E-state index >= 15 is 0 Å². The minimum Gasteiger partial charge on any atom is -0.492 e. The van der Waals surface area contributed by atoms with Crippen molar-refractivity contribution in [3.63, 3.8) is 0 Å². The first-order chi connectivity index (χ1) is 7.15. The fraction of sp³-hybridized carbons (Fsp3) is 0.0909. The summed E-state index contributed by atoms with van der Waals surface area (Å²) < 4.78 is 5.51. The second-order valence-corrected chi connectivity index (χ2v) is 3.87. The summed E-state index contributed by atoms with van der Waals surface area (Å²) in [6.07, 6.45) is 0. The van der Waals surface area contributed by atoms with Gasteiger partial charge in [0.15, 0.2) is 11.2 Å². The number of carbonyl (C=O) groups excluding carboxylic acids is 1. The van der Waals surface area contributed by atoms with Gasteiger partial charge in [0.05, 0.1) is 11.6 Å². The molecule has 0 amide bonds. The number of allylic oxidation sites excluding steroid dienone is 1. The van der Waals surface area contributed by atoms with Crippen LogP contribution >= 0.6 is 15.9 Å². The van der Waals surface area contributed by atoms with E-state index in [0.717, 1.165) is 0 Å². The highest BCUT2D eigenvalue weighted by atomic mass is 79.9. The van der Waals surface area contributed by atoms with E-state index in [2.05, 4.69) is 15.9 Å². The Kier molecular flexibility index (Phi) is 2.44. The SMILES string of the molecule is COC1=C(Br)c2cc(=O)cccc2C1=O. The Morgan fingerprint density at radius 2 is 1.93 bits per heavy atom. The van der Waals surface area contributed by atoms with Crippen LogP contribution in [0.1, 0.15) is 15.9 Å². The van der Waals surface area contributed by atoms with E-state index in [1.807, 2.05) is 0 Å². The Hall–Kier alpha value is -1.42. The zero-order valence-electron chi connectivity index (χ0n) is 7.91. The number of halogens is 1. The molecule has 15 heavy (non-hydrogen) atoms. The molecule has 0 unspecified atom stereocenters. The van der Waals surface area contributed by atoms with Gasteiger partial charge < -0.3 is 4.74 Å². The van der Waals surface area contributed by atoms with E-state index < -0.39 is 0 Å². The van der Waals surface area contributed by atoms with E-state index in [9.17, 15) is 9.59 Å². The van der Waals surface area contributed by atoms with Crippen molar-refractivity contribution >= 4 is 26.2 Å². The van der Waals surface area contributed by atoms with Gasteiger partial charge in [-0.3, -0.25) is 9.59 Å². The molecule has 0 radical (unpaired) electrons. The zero-order chi connectivity index (χ0) is 11.0. The van der Waals surface area contributed by atoms with Crippen LogP contribution in [-0.2, 0) is 4.74 Å². The van der Waals surface area contributed by atoms with Gasteiger partial charge in [-0.05, 0) is 28.1 Å². The Morgan fingerprint density at radius 3 is 2.60 bits per heavy atom. The van der Waals surface area contributed by atoms with Crippen molar-refractivity contribution < 1.29 is 9.53 Å². The predicted octanol–water partition coefficient (Wildman–Crippen LogP) is 1.95. The standard InChI is InChI=1S/C11H7BrO3/c1-15-11-9(12)8-5-6(13)3-2-4-7(8)10(11)14/h2-5H,1H3. The molecule has 76 valence electrons. The van der Waals surface area contributed by atoms with Crippen molar-refractivity contribution in [2.45, 2.75) is 0 Å². The molecule has 2 rings (SSSR count). The van der Waals surface area contributed by atoms with Crippen LogP contribution in [0.2, 0.25) is 0 Å². The monoisotopic (exact) mass is 266 g/mol. The minimum absolute atomic E-state index is 0.140. The van der Waals surface area contributed by atoms with Crippen molar-refractivity contribution in [3.05, 3.63) is 51.4 Å². The van der Waals surface area contributed by atoms with Gasteiger partial charge in [-0.2, -0.15) is 0 Å². The molecule has 0 saturated heterocycles. The second kappa shape index (κ2) is 3.62. The van der Waals surface area contributed by atoms with Gasteiger partial charge >= 0.3 is 0 Å². The van der Waals surface area contributed by atoms with Crippen LogP contribution in [0.5, 0.6) is 0 Å². The highest BCUT2D eigenvalue weighted by Crippen LogP contribution is 2.35. The van der Waals surface area contributed by atoms with Crippen LogP contribution in [0.3, 0.4) is 0 Å². The normalized spacial score (nSPS) is 14.1. The van der Waals surface area contributed by atoms with E-state index in [0.29, 0.717) is 15.6 Å². The number of methoxy groups -OCH3 is 1. The number of rotatable bonds is 1. The molecule has 1 aromatic rings. The summed E-state index contributed by atoms with van der Waals surface area (Å²) in [5.74, 6) is 0.0468. The number of Topliss-reactive ketones (excluding diaryl/α,β-unsaturated/α-hetero) is 1. The number of ketones is 1. The van der Waals surface area contributed by atoms with Crippen molar-refractivity contribution in [1.29, 1.82) is 0 Å². The van der Waals surface area contributed by atoms with E-state index in [1.54, 1.807) is 12.1 Å². The zero-order valence-corrected chi connectivity index (χ0v) is 9.50. The molecule has 0 saturated carbocycles. The Morgan fingerprint density at radius 1 is 1.20 bits per heavy atom. The molecule has 0 N–H and O–H groups in total. The van der Waals surface area contributed by atoms with Gasteiger partial charge in [-0.15, -0.1) is 0 Å². The van der Waals surface area contributed by atoms with Crippen LogP contribution < -0.4 is 5.43 Å². The summed E-state index contributed by atoms with van der Waals surface area (Å²) in [6.45, 7) is 0. The quantitative estimate of drug-likeness (QED) is 0.781.